The van der Waals surface area contributed by atoms with Crippen LogP contribution < -0.4 is 20.3 Å². The fourth-order valence-electron chi connectivity index (χ4n) is 4.26. The molecule has 9 nitrogen and oxygen atoms in total. The maximum atomic E-state index is 13.2. The molecule has 0 unspecified atom stereocenters. The Morgan fingerprint density at radius 3 is 2.53 bits per heavy atom. The van der Waals surface area contributed by atoms with E-state index in [1.54, 1.807) is 47.4 Å². The second kappa shape index (κ2) is 9.94. The summed E-state index contributed by atoms with van der Waals surface area (Å²) in [5.74, 6) is 0.725. The van der Waals surface area contributed by atoms with E-state index in [2.05, 4.69) is 17.3 Å². The number of piperidine rings is 1. The van der Waals surface area contributed by atoms with Gasteiger partial charge in [0.2, 0.25) is 5.91 Å². The zero-order valence-electron chi connectivity index (χ0n) is 19.5. The summed E-state index contributed by atoms with van der Waals surface area (Å²) in [4.78, 5) is 40.7. The minimum absolute atomic E-state index is 0.0600. The number of nitrogens with one attached hydrogen (secondary N) is 1. The maximum Gasteiger partial charge on any atom is 0.279 e. The van der Waals surface area contributed by atoms with Crippen LogP contribution in [0.3, 0.4) is 0 Å². The van der Waals surface area contributed by atoms with Gasteiger partial charge in [-0.3, -0.25) is 14.4 Å². The van der Waals surface area contributed by atoms with Crippen LogP contribution >= 0.6 is 0 Å². The number of benzene rings is 2. The van der Waals surface area contributed by atoms with Crippen LogP contribution in [-0.4, -0.2) is 60.3 Å². The average molecular weight is 465 g/mol. The highest BCUT2D eigenvalue weighted by atomic mass is 16.5. The third-order valence-corrected chi connectivity index (χ3v) is 6.04. The molecule has 1 fully saturated rings. The first kappa shape index (κ1) is 23.3. The predicted molar refractivity (Wildman–Crippen MR) is 128 cm³/mol. The van der Waals surface area contributed by atoms with Crippen molar-refractivity contribution in [3.05, 3.63) is 58.5 Å². The van der Waals surface area contributed by atoms with Gasteiger partial charge in [-0.15, -0.1) is 0 Å². The van der Waals surface area contributed by atoms with Crippen molar-refractivity contribution in [3.8, 4) is 17.2 Å². The summed E-state index contributed by atoms with van der Waals surface area (Å²) in [6.45, 7) is 3.38. The number of ether oxygens (including phenoxy) is 2. The van der Waals surface area contributed by atoms with Crippen LogP contribution in [0, 0.1) is 5.92 Å². The van der Waals surface area contributed by atoms with Crippen molar-refractivity contribution in [1.29, 1.82) is 0 Å². The van der Waals surface area contributed by atoms with Gasteiger partial charge in [0.05, 0.1) is 31.8 Å². The summed E-state index contributed by atoms with van der Waals surface area (Å²) in [5, 5.41) is 7.82. The Bertz CT molecular complexity index is 1290. The molecular weight excluding hydrogens is 436 g/mol. The third kappa shape index (κ3) is 4.59. The molecule has 2 heterocycles. The van der Waals surface area contributed by atoms with Gasteiger partial charge in [0, 0.05) is 24.5 Å². The summed E-state index contributed by atoms with van der Waals surface area (Å²) in [5.41, 5.74) is 0.100. The highest BCUT2D eigenvalue weighted by Crippen LogP contribution is 2.28. The van der Waals surface area contributed by atoms with Crippen molar-refractivity contribution in [3.63, 3.8) is 0 Å². The molecule has 0 bridgehead atoms. The molecule has 0 saturated carbocycles. The molecule has 1 aromatic heterocycles. The van der Waals surface area contributed by atoms with Gasteiger partial charge in [-0.05, 0) is 37.0 Å². The average Bonchev–Trinajstić information content (AvgIpc) is 2.87. The van der Waals surface area contributed by atoms with Crippen molar-refractivity contribution in [1.82, 2.24) is 20.0 Å². The van der Waals surface area contributed by atoms with Crippen molar-refractivity contribution >= 4 is 22.6 Å². The van der Waals surface area contributed by atoms with Crippen LogP contribution in [0.1, 0.15) is 30.3 Å². The lowest BCUT2D eigenvalue weighted by Crippen LogP contribution is -2.44. The number of likely N-dealkylation sites (tertiary alicyclic amines) is 1. The van der Waals surface area contributed by atoms with Crippen LogP contribution in [0.5, 0.6) is 11.5 Å². The number of hydrogen-bond acceptors (Lipinski definition) is 6. The summed E-state index contributed by atoms with van der Waals surface area (Å²) >= 11 is 0. The molecule has 34 heavy (non-hydrogen) atoms. The lowest BCUT2D eigenvalue weighted by Gasteiger charge is -2.31. The third-order valence-electron chi connectivity index (χ3n) is 6.04. The SMILES string of the molecule is COc1ccc(-n2nc(C(=O)NCC(=O)N3CCC[C@@H](C)C3)c3ccccc3c2=O)cc1OC. The highest BCUT2D eigenvalue weighted by molar-refractivity contribution is 6.05. The van der Waals surface area contributed by atoms with Crippen LogP contribution in [-0.2, 0) is 4.79 Å². The van der Waals surface area contributed by atoms with Crippen LogP contribution in [0.25, 0.3) is 16.5 Å². The van der Waals surface area contributed by atoms with Crippen molar-refractivity contribution < 1.29 is 19.1 Å². The zero-order chi connectivity index (χ0) is 24.2. The van der Waals surface area contributed by atoms with E-state index in [1.165, 1.54) is 14.2 Å². The molecule has 1 N–H and O–H groups in total. The number of amides is 2. The van der Waals surface area contributed by atoms with Gasteiger partial charge < -0.3 is 19.7 Å². The Morgan fingerprint density at radius 1 is 1.09 bits per heavy atom. The van der Waals surface area contributed by atoms with Crippen molar-refractivity contribution in [2.24, 2.45) is 5.92 Å². The van der Waals surface area contributed by atoms with Crippen LogP contribution in [0.4, 0.5) is 0 Å². The number of hydrogen-bond donors (Lipinski definition) is 1. The first-order valence-electron chi connectivity index (χ1n) is 11.2. The molecule has 1 aliphatic rings. The molecule has 9 heteroatoms. The van der Waals surface area contributed by atoms with E-state index in [-0.39, 0.29) is 23.7 Å². The molecule has 3 aromatic rings. The van der Waals surface area contributed by atoms with Gasteiger partial charge in [-0.25, -0.2) is 0 Å². The number of aromatic nitrogens is 2. The molecular formula is C25H28N4O5. The predicted octanol–water partition coefficient (Wildman–Crippen LogP) is 2.39. The molecule has 2 amide bonds. The Balaban J connectivity index is 1.67. The van der Waals surface area contributed by atoms with Crippen LogP contribution in [0.2, 0.25) is 0 Å². The van der Waals surface area contributed by atoms with Crippen LogP contribution in [0.15, 0.2) is 47.3 Å². The van der Waals surface area contributed by atoms with E-state index in [0.29, 0.717) is 47.0 Å². The second-order valence-electron chi connectivity index (χ2n) is 8.42. The van der Waals surface area contributed by atoms with Gasteiger partial charge in [-0.2, -0.15) is 9.78 Å². The van der Waals surface area contributed by atoms with E-state index >= 15 is 0 Å². The van der Waals surface area contributed by atoms with Crippen molar-refractivity contribution in [2.45, 2.75) is 19.8 Å². The van der Waals surface area contributed by atoms with Gasteiger partial charge in [0.25, 0.3) is 11.5 Å². The molecule has 0 radical (unpaired) electrons. The van der Waals surface area contributed by atoms with E-state index in [4.69, 9.17) is 9.47 Å². The summed E-state index contributed by atoms with van der Waals surface area (Å²) in [6, 6.07) is 11.7. The zero-order valence-corrected chi connectivity index (χ0v) is 19.5. The fourth-order valence-corrected chi connectivity index (χ4v) is 4.26. The first-order chi connectivity index (χ1) is 16.4. The largest absolute Gasteiger partial charge is 0.493 e. The molecule has 1 saturated heterocycles. The van der Waals surface area contributed by atoms with Gasteiger partial charge >= 0.3 is 0 Å². The van der Waals surface area contributed by atoms with E-state index in [9.17, 15) is 14.4 Å². The number of rotatable bonds is 6. The maximum absolute atomic E-state index is 13.2. The number of nitrogens with zero attached hydrogens (tertiary/aromatic N) is 3. The molecule has 178 valence electrons. The lowest BCUT2D eigenvalue weighted by atomic mass is 10.0. The standard InChI is InChI=1S/C25H28N4O5/c1-16-7-6-12-28(15-16)22(30)14-26-24(31)23-18-8-4-5-9-19(18)25(32)29(27-23)17-10-11-20(33-2)21(13-17)34-3/h4-5,8-11,13,16H,6-7,12,14-15H2,1-3H3,(H,26,31)/t16-/m1/s1. The number of fused-ring (bicyclic) bond motifs is 1. The molecule has 0 spiro atoms. The lowest BCUT2D eigenvalue weighted by molar-refractivity contribution is -0.131. The highest BCUT2D eigenvalue weighted by Gasteiger charge is 2.23. The number of carbonyl (C=O) groups excluding carboxylic acids is 2. The normalized spacial score (nSPS) is 15.7. The molecule has 4 rings (SSSR count). The number of methoxy groups -OCH3 is 2. The summed E-state index contributed by atoms with van der Waals surface area (Å²) < 4.78 is 11.8. The monoisotopic (exact) mass is 464 g/mol. The summed E-state index contributed by atoms with van der Waals surface area (Å²) in [7, 11) is 3.02. The Labute approximate surface area is 197 Å². The van der Waals surface area contributed by atoms with Gasteiger partial charge in [0.15, 0.2) is 17.2 Å². The van der Waals surface area contributed by atoms with Gasteiger partial charge in [-0.1, -0.05) is 25.1 Å². The van der Waals surface area contributed by atoms with Gasteiger partial charge in [0.1, 0.15) is 0 Å². The second-order valence-corrected chi connectivity index (χ2v) is 8.42. The van der Waals surface area contributed by atoms with E-state index < -0.39 is 5.91 Å². The van der Waals surface area contributed by atoms with E-state index in [1.807, 2.05) is 0 Å². The Morgan fingerprint density at radius 2 is 1.82 bits per heavy atom. The minimum atomic E-state index is -0.524. The van der Waals surface area contributed by atoms with E-state index in [0.717, 1.165) is 17.5 Å². The Kier molecular flexibility index (Phi) is 6.81. The van der Waals surface area contributed by atoms with Crippen molar-refractivity contribution in [2.75, 3.05) is 33.9 Å². The summed E-state index contributed by atoms with van der Waals surface area (Å²) in [6.07, 6.45) is 2.06. The molecule has 0 aliphatic carbocycles. The smallest absolute Gasteiger partial charge is 0.279 e. The molecule has 1 atom stereocenters. The quantitative estimate of drug-likeness (QED) is 0.601. The topological polar surface area (TPSA) is 103 Å². The molecule has 2 aromatic carbocycles. The number of carbonyl (C=O) groups is 2. The minimum Gasteiger partial charge on any atom is -0.493 e. The fraction of sp³-hybridized carbons (Fsp3) is 0.360. The molecule has 1 aliphatic heterocycles. The Hall–Kier alpha value is -3.88. The first-order valence-corrected chi connectivity index (χ1v) is 11.2.